The summed E-state index contributed by atoms with van der Waals surface area (Å²) in [6.07, 6.45) is 8.37. The summed E-state index contributed by atoms with van der Waals surface area (Å²) >= 11 is 0. The molecule has 7 nitrogen and oxygen atoms in total. The fourth-order valence-corrected chi connectivity index (χ4v) is 4.72. The van der Waals surface area contributed by atoms with Crippen LogP contribution in [0, 0.1) is 0 Å². The van der Waals surface area contributed by atoms with Gasteiger partial charge in [0.25, 0.3) is 0 Å². The molecule has 1 saturated carbocycles. The van der Waals surface area contributed by atoms with E-state index in [0.717, 1.165) is 48.9 Å². The minimum atomic E-state index is -3.15. The lowest BCUT2D eigenvalue weighted by Gasteiger charge is -2.34. The Morgan fingerprint density at radius 3 is 2.91 bits per heavy atom. The molecule has 4 rings (SSSR count). The number of sulfonamides is 1. The Kier molecular flexibility index (Phi) is 3.65. The van der Waals surface area contributed by atoms with E-state index in [2.05, 4.69) is 24.6 Å². The first kappa shape index (κ1) is 14.8. The second-order valence-electron chi connectivity index (χ2n) is 6.24. The molecule has 2 aromatic rings. The third kappa shape index (κ3) is 3.00. The summed E-state index contributed by atoms with van der Waals surface area (Å²) in [6.45, 7) is 1.51. The number of rotatable bonds is 4. The Bertz CT molecular complexity index is 816. The van der Waals surface area contributed by atoms with Crippen molar-refractivity contribution < 1.29 is 8.42 Å². The first-order valence-corrected chi connectivity index (χ1v) is 9.49. The highest BCUT2D eigenvalue weighted by atomic mass is 32.2. The Morgan fingerprint density at radius 1 is 1.22 bits per heavy atom. The van der Waals surface area contributed by atoms with Gasteiger partial charge in [0.15, 0.2) is 0 Å². The second kappa shape index (κ2) is 5.68. The number of nitrogens with one attached hydrogen (secondary N) is 1. The SMILES string of the molecule is O=S(=O)(NC1CCCN(c2ncnc3cnccc23)C1)C1CC1. The summed E-state index contributed by atoms with van der Waals surface area (Å²) in [5.74, 6) is 0.854. The Balaban J connectivity index is 1.57. The summed E-state index contributed by atoms with van der Waals surface area (Å²) in [7, 11) is -3.15. The van der Waals surface area contributed by atoms with E-state index < -0.39 is 10.0 Å². The van der Waals surface area contributed by atoms with Crippen molar-refractivity contribution >= 4 is 26.7 Å². The van der Waals surface area contributed by atoms with Crippen LogP contribution in [0.2, 0.25) is 0 Å². The molecule has 0 amide bonds. The van der Waals surface area contributed by atoms with Crippen LogP contribution in [-0.4, -0.2) is 47.8 Å². The molecule has 1 unspecified atom stereocenters. The van der Waals surface area contributed by atoms with Gasteiger partial charge in [-0.1, -0.05) is 0 Å². The number of hydrogen-bond donors (Lipinski definition) is 1. The first-order valence-electron chi connectivity index (χ1n) is 7.94. The average molecular weight is 333 g/mol. The van der Waals surface area contributed by atoms with Crippen LogP contribution in [0.4, 0.5) is 5.82 Å². The van der Waals surface area contributed by atoms with E-state index in [1.807, 2.05) is 6.07 Å². The quantitative estimate of drug-likeness (QED) is 0.900. The fourth-order valence-electron chi connectivity index (χ4n) is 3.12. The second-order valence-corrected chi connectivity index (χ2v) is 8.23. The molecular weight excluding hydrogens is 314 g/mol. The average Bonchev–Trinajstić information content (AvgIpc) is 3.40. The lowest BCUT2D eigenvalue weighted by Crippen LogP contribution is -2.48. The fraction of sp³-hybridized carbons (Fsp3) is 0.533. The molecule has 2 aliphatic rings. The van der Waals surface area contributed by atoms with Crippen LogP contribution in [-0.2, 0) is 10.0 Å². The number of fused-ring (bicyclic) bond motifs is 1. The summed E-state index contributed by atoms with van der Waals surface area (Å²) in [4.78, 5) is 14.9. The molecule has 1 aliphatic heterocycles. The van der Waals surface area contributed by atoms with Gasteiger partial charge in [-0.05, 0) is 31.7 Å². The molecule has 1 N–H and O–H groups in total. The number of pyridine rings is 1. The molecule has 1 saturated heterocycles. The van der Waals surface area contributed by atoms with Gasteiger partial charge in [0.05, 0.1) is 17.0 Å². The third-order valence-corrected chi connectivity index (χ3v) is 6.44. The molecule has 3 heterocycles. The van der Waals surface area contributed by atoms with E-state index in [4.69, 9.17) is 0 Å². The number of nitrogens with zero attached hydrogens (tertiary/aromatic N) is 4. The van der Waals surface area contributed by atoms with Crippen LogP contribution < -0.4 is 9.62 Å². The van der Waals surface area contributed by atoms with Crippen molar-refractivity contribution in [3.8, 4) is 0 Å². The van der Waals surface area contributed by atoms with Crippen LogP contribution in [0.3, 0.4) is 0 Å². The minimum absolute atomic E-state index is 0.0544. The van der Waals surface area contributed by atoms with Gasteiger partial charge in [0, 0.05) is 30.7 Å². The molecule has 0 spiro atoms. The largest absolute Gasteiger partial charge is 0.354 e. The molecule has 0 radical (unpaired) electrons. The predicted molar refractivity (Wildman–Crippen MR) is 87.6 cm³/mol. The van der Waals surface area contributed by atoms with Crippen molar-refractivity contribution in [2.45, 2.75) is 37.0 Å². The van der Waals surface area contributed by atoms with Gasteiger partial charge >= 0.3 is 0 Å². The summed E-state index contributed by atoms with van der Waals surface area (Å²) in [6, 6.07) is 1.85. The molecule has 1 atom stereocenters. The molecule has 1 aliphatic carbocycles. The summed E-state index contributed by atoms with van der Waals surface area (Å²) in [5, 5.41) is 0.775. The molecule has 122 valence electrons. The highest BCUT2D eigenvalue weighted by Gasteiger charge is 2.37. The van der Waals surface area contributed by atoms with Crippen LogP contribution in [0.5, 0.6) is 0 Å². The lowest BCUT2D eigenvalue weighted by molar-refractivity contribution is 0.464. The highest BCUT2D eigenvalue weighted by Crippen LogP contribution is 2.29. The van der Waals surface area contributed by atoms with Gasteiger partial charge in [-0.3, -0.25) is 4.98 Å². The standard InChI is InChI=1S/C15H19N5O2S/c21-23(22,12-3-4-12)19-11-2-1-7-20(9-11)15-13-5-6-16-8-14(13)17-10-18-15/h5-6,8,10-12,19H,1-4,7,9H2. The number of hydrogen-bond acceptors (Lipinski definition) is 6. The van der Waals surface area contributed by atoms with Crippen LogP contribution in [0.25, 0.3) is 10.9 Å². The van der Waals surface area contributed by atoms with E-state index in [0.29, 0.717) is 6.54 Å². The van der Waals surface area contributed by atoms with Crippen molar-refractivity contribution in [3.63, 3.8) is 0 Å². The number of anilines is 1. The van der Waals surface area contributed by atoms with Gasteiger partial charge in [-0.25, -0.2) is 23.1 Å². The lowest BCUT2D eigenvalue weighted by atomic mass is 10.1. The number of aromatic nitrogens is 3. The third-order valence-electron chi connectivity index (χ3n) is 4.43. The molecule has 0 aromatic carbocycles. The van der Waals surface area contributed by atoms with Crippen molar-refractivity contribution in [1.82, 2.24) is 19.7 Å². The molecular formula is C15H19N5O2S. The highest BCUT2D eigenvalue weighted by molar-refractivity contribution is 7.90. The minimum Gasteiger partial charge on any atom is -0.354 e. The zero-order valence-electron chi connectivity index (χ0n) is 12.7. The maximum absolute atomic E-state index is 12.2. The van der Waals surface area contributed by atoms with Crippen LogP contribution >= 0.6 is 0 Å². The monoisotopic (exact) mass is 333 g/mol. The van der Waals surface area contributed by atoms with Crippen molar-refractivity contribution in [1.29, 1.82) is 0 Å². The smallest absolute Gasteiger partial charge is 0.214 e. The maximum atomic E-state index is 12.2. The van der Waals surface area contributed by atoms with E-state index in [9.17, 15) is 8.42 Å². The molecule has 23 heavy (non-hydrogen) atoms. The zero-order valence-corrected chi connectivity index (χ0v) is 13.5. The van der Waals surface area contributed by atoms with Crippen LogP contribution in [0.15, 0.2) is 24.8 Å². The Labute approximate surface area is 135 Å². The van der Waals surface area contributed by atoms with Crippen molar-refractivity contribution in [2.24, 2.45) is 0 Å². The zero-order chi connectivity index (χ0) is 15.9. The Hall–Kier alpha value is -1.80. The molecule has 2 fully saturated rings. The predicted octanol–water partition coefficient (Wildman–Crippen LogP) is 1.08. The Morgan fingerprint density at radius 2 is 2.09 bits per heavy atom. The van der Waals surface area contributed by atoms with Gasteiger partial charge in [0.2, 0.25) is 10.0 Å². The van der Waals surface area contributed by atoms with Gasteiger partial charge in [-0.2, -0.15) is 0 Å². The van der Waals surface area contributed by atoms with E-state index >= 15 is 0 Å². The van der Waals surface area contributed by atoms with Gasteiger partial charge in [-0.15, -0.1) is 0 Å². The summed E-state index contributed by atoms with van der Waals surface area (Å²) < 4.78 is 27.2. The topological polar surface area (TPSA) is 88.1 Å². The maximum Gasteiger partial charge on any atom is 0.214 e. The van der Waals surface area contributed by atoms with E-state index in [-0.39, 0.29) is 11.3 Å². The van der Waals surface area contributed by atoms with E-state index in [1.54, 1.807) is 12.4 Å². The van der Waals surface area contributed by atoms with Crippen molar-refractivity contribution in [3.05, 3.63) is 24.8 Å². The number of piperidine rings is 1. The molecule has 8 heteroatoms. The normalized spacial score (nSPS) is 22.4. The van der Waals surface area contributed by atoms with Gasteiger partial charge in [0.1, 0.15) is 12.1 Å². The van der Waals surface area contributed by atoms with Crippen molar-refractivity contribution in [2.75, 3.05) is 18.0 Å². The molecule has 2 aromatic heterocycles. The van der Waals surface area contributed by atoms with E-state index in [1.165, 1.54) is 6.33 Å². The van der Waals surface area contributed by atoms with Gasteiger partial charge < -0.3 is 4.90 Å². The molecule has 0 bridgehead atoms. The van der Waals surface area contributed by atoms with Crippen LogP contribution in [0.1, 0.15) is 25.7 Å². The first-order chi connectivity index (χ1) is 11.1. The summed E-state index contributed by atoms with van der Waals surface area (Å²) in [5.41, 5.74) is 0.804.